The number of hydrogen-bond donors (Lipinski definition) is 1. The van der Waals surface area contributed by atoms with Crippen molar-refractivity contribution in [3.05, 3.63) is 57.2 Å². The molecule has 0 spiro atoms. The van der Waals surface area contributed by atoms with Crippen molar-refractivity contribution >= 4 is 33.4 Å². The van der Waals surface area contributed by atoms with Gasteiger partial charge in [0.25, 0.3) is 5.56 Å². The average Bonchev–Trinajstić information content (AvgIpc) is 3.49. The SMILES string of the molecule is Cc1ccc(Cn2c(N3CCCC(C(=O)NC4CCCC4)C3)nc3ccsc3c2=O)cc1. The quantitative estimate of drug-likeness (QED) is 0.636. The van der Waals surface area contributed by atoms with Gasteiger partial charge in [0.2, 0.25) is 11.9 Å². The van der Waals surface area contributed by atoms with Crippen LogP contribution in [0.4, 0.5) is 5.95 Å². The molecule has 1 atom stereocenters. The third-order valence-electron chi connectivity index (χ3n) is 6.78. The van der Waals surface area contributed by atoms with Crippen LogP contribution < -0.4 is 15.8 Å². The first-order chi connectivity index (χ1) is 15.6. The summed E-state index contributed by atoms with van der Waals surface area (Å²) in [5, 5.41) is 5.19. The number of aryl methyl sites for hydroxylation is 1. The molecule has 32 heavy (non-hydrogen) atoms. The van der Waals surface area contributed by atoms with Crippen LogP contribution in [0.15, 0.2) is 40.5 Å². The predicted molar refractivity (Wildman–Crippen MR) is 129 cm³/mol. The van der Waals surface area contributed by atoms with Crippen molar-refractivity contribution in [3.63, 3.8) is 0 Å². The highest BCUT2D eigenvalue weighted by Crippen LogP contribution is 2.26. The van der Waals surface area contributed by atoms with Gasteiger partial charge in [-0.15, -0.1) is 11.3 Å². The molecule has 7 heteroatoms. The molecule has 6 nitrogen and oxygen atoms in total. The molecule has 1 saturated heterocycles. The third kappa shape index (κ3) is 4.31. The Morgan fingerprint density at radius 3 is 2.69 bits per heavy atom. The topological polar surface area (TPSA) is 67.2 Å². The maximum Gasteiger partial charge on any atom is 0.273 e. The summed E-state index contributed by atoms with van der Waals surface area (Å²) < 4.78 is 2.48. The zero-order valence-electron chi connectivity index (χ0n) is 18.5. The van der Waals surface area contributed by atoms with Crippen molar-refractivity contribution < 1.29 is 4.79 Å². The van der Waals surface area contributed by atoms with Gasteiger partial charge in [-0.2, -0.15) is 0 Å². The molecular weight excluding hydrogens is 420 g/mol. The first kappa shape index (κ1) is 21.2. The second-order valence-electron chi connectivity index (χ2n) is 9.20. The monoisotopic (exact) mass is 450 g/mol. The van der Waals surface area contributed by atoms with Crippen molar-refractivity contribution in [2.45, 2.75) is 58.0 Å². The molecule has 1 N–H and O–H groups in total. The van der Waals surface area contributed by atoms with Crippen LogP contribution in [-0.2, 0) is 11.3 Å². The van der Waals surface area contributed by atoms with E-state index in [1.807, 2.05) is 11.4 Å². The van der Waals surface area contributed by atoms with E-state index in [9.17, 15) is 9.59 Å². The van der Waals surface area contributed by atoms with E-state index in [-0.39, 0.29) is 17.4 Å². The lowest BCUT2D eigenvalue weighted by Crippen LogP contribution is -2.47. The predicted octanol–water partition coefficient (Wildman–Crippen LogP) is 4.09. The van der Waals surface area contributed by atoms with E-state index in [1.54, 1.807) is 4.57 Å². The zero-order valence-corrected chi connectivity index (χ0v) is 19.4. The van der Waals surface area contributed by atoms with E-state index >= 15 is 0 Å². The highest BCUT2D eigenvalue weighted by Gasteiger charge is 2.30. The van der Waals surface area contributed by atoms with Gasteiger partial charge in [-0.25, -0.2) is 4.98 Å². The minimum absolute atomic E-state index is 0.00175. The minimum atomic E-state index is -0.0627. The molecule has 168 valence electrons. The van der Waals surface area contributed by atoms with E-state index in [1.165, 1.54) is 29.7 Å². The molecule has 2 aromatic heterocycles. The Hall–Kier alpha value is -2.67. The molecule has 1 saturated carbocycles. The Bertz CT molecular complexity index is 1160. The lowest BCUT2D eigenvalue weighted by Gasteiger charge is -2.34. The van der Waals surface area contributed by atoms with Gasteiger partial charge in [0.1, 0.15) is 4.70 Å². The van der Waals surface area contributed by atoms with Crippen LogP contribution in [0, 0.1) is 12.8 Å². The number of aromatic nitrogens is 2. The fraction of sp³-hybridized carbons (Fsp3) is 0.480. The van der Waals surface area contributed by atoms with Gasteiger partial charge in [-0.1, -0.05) is 42.7 Å². The Morgan fingerprint density at radius 1 is 1.12 bits per heavy atom. The van der Waals surface area contributed by atoms with Crippen LogP contribution in [-0.4, -0.2) is 34.6 Å². The normalized spacial score (nSPS) is 19.5. The average molecular weight is 451 g/mol. The van der Waals surface area contributed by atoms with Gasteiger partial charge in [-0.05, 0) is 49.6 Å². The highest BCUT2D eigenvalue weighted by molar-refractivity contribution is 7.17. The van der Waals surface area contributed by atoms with Gasteiger partial charge in [-0.3, -0.25) is 14.2 Å². The molecule has 1 unspecified atom stereocenters. The van der Waals surface area contributed by atoms with Crippen molar-refractivity contribution in [1.29, 1.82) is 0 Å². The second kappa shape index (κ2) is 9.06. The van der Waals surface area contributed by atoms with Crippen molar-refractivity contribution in [1.82, 2.24) is 14.9 Å². The number of piperidine rings is 1. The molecule has 3 heterocycles. The van der Waals surface area contributed by atoms with Crippen LogP contribution in [0.1, 0.15) is 49.7 Å². The number of fused-ring (bicyclic) bond motifs is 1. The summed E-state index contributed by atoms with van der Waals surface area (Å²) in [6.07, 6.45) is 6.40. The fourth-order valence-electron chi connectivity index (χ4n) is 4.95. The fourth-order valence-corrected chi connectivity index (χ4v) is 5.73. The number of amides is 1. The van der Waals surface area contributed by atoms with E-state index in [0.29, 0.717) is 29.8 Å². The summed E-state index contributed by atoms with van der Waals surface area (Å²) >= 11 is 1.44. The molecule has 3 aromatic rings. The van der Waals surface area contributed by atoms with Crippen LogP contribution in [0.25, 0.3) is 10.2 Å². The van der Waals surface area contributed by atoms with Crippen molar-refractivity contribution in [3.8, 4) is 0 Å². The Labute approximate surface area is 192 Å². The molecule has 2 aliphatic rings. The molecule has 1 aliphatic heterocycles. The molecule has 1 aliphatic carbocycles. The molecular formula is C25H30N4O2S. The van der Waals surface area contributed by atoms with Gasteiger partial charge >= 0.3 is 0 Å². The number of hydrogen-bond acceptors (Lipinski definition) is 5. The summed E-state index contributed by atoms with van der Waals surface area (Å²) in [6.45, 7) is 3.95. The first-order valence-corrected chi connectivity index (χ1v) is 12.6. The molecule has 0 radical (unpaired) electrons. The van der Waals surface area contributed by atoms with Gasteiger partial charge in [0, 0.05) is 19.1 Å². The van der Waals surface area contributed by atoms with Crippen LogP contribution >= 0.6 is 11.3 Å². The van der Waals surface area contributed by atoms with Crippen LogP contribution in [0.2, 0.25) is 0 Å². The standard InChI is InChI=1S/C25H30N4O2S/c1-17-8-10-18(11-9-17)15-29-24(31)22-21(12-14-32-22)27-25(29)28-13-4-5-19(16-28)23(30)26-20-6-2-3-7-20/h8-12,14,19-20H,2-7,13,15-16H2,1H3,(H,26,30). The number of carbonyl (C=O) groups is 1. The van der Waals surface area contributed by atoms with E-state index in [0.717, 1.165) is 43.3 Å². The lowest BCUT2D eigenvalue weighted by atomic mass is 9.97. The minimum Gasteiger partial charge on any atom is -0.353 e. The summed E-state index contributed by atoms with van der Waals surface area (Å²) in [5.74, 6) is 0.776. The first-order valence-electron chi connectivity index (χ1n) is 11.7. The molecule has 0 bridgehead atoms. The number of nitrogens with zero attached hydrogens (tertiary/aromatic N) is 3. The van der Waals surface area contributed by atoms with E-state index < -0.39 is 0 Å². The highest BCUT2D eigenvalue weighted by atomic mass is 32.1. The number of carbonyl (C=O) groups excluding carboxylic acids is 1. The number of benzene rings is 1. The molecule has 2 fully saturated rings. The van der Waals surface area contributed by atoms with Gasteiger partial charge in [0.15, 0.2) is 0 Å². The molecule has 5 rings (SSSR count). The van der Waals surface area contributed by atoms with Crippen LogP contribution in [0.5, 0.6) is 0 Å². The maximum atomic E-state index is 13.4. The summed E-state index contributed by atoms with van der Waals surface area (Å²) in [5.41, 5.74) is 3.01. The number of thiophene rings is 1. The number of anilines is 1. The van der Waals surface area contributed by atoms with Gasteiger partial charge in [0.05, 0.1) is 18.0 Å². The molecule has 1 amide bonds. The van der Waals surface area contributed by atoms with Crippen molar-refractivity contribution in [2.24, 2.45) is 5.92 Å². The van der Waals surface area contributed by atoms with E-state index in [4.69, 9.17) is 4.98 Å². The number of nitrogens with one attached hydrogen (secondary N) is 1. The lowest BCUT2D eigenvalue weighted by molar-refractivity contribution is -0.125. The Balaban J connectivity index is 1.44. The number of rotatable bonds is 5. The van der Waals surface area contributed by atoms with Gasteiger partial charge < -0.3 is 10.2 Å². The van der Waals surface area contributed by atoms with E-state index in [2.05, 4.69) is 41.4 Å². The zero-order chi connectivity index (χ0) is 22.1. The summed E-state index contributed by atoms with van der Waals surface area (Å²) in [7, 11) is 0. The Morgan fingerprint density at radius 2 is 1.91 bits per heavy atom. The maximum absolute atomic E-state index is 13.4. The van der Waals surface area contributed by atoms with Crippen LogP contribution in [0.3, 0.4) is 0 Å². The summed E-state index contributed by atoms with van der Waals surface area (Å²) in [6, 6.07) is 10.5. The second-order valence-corrected chi connectivity index (χ2v) is 10.1. The smallest absolute Gasteiger partial charge is 0.273 e. The van der Waals surface area contributed by atoms with Crippen molar-refractivity contribution in [2.75, 3.05) is 18.0 Å². The summed E-state index contributed by atoms with van der Waals surface area (Å²) in [4.78, 5) is 33.4. The third-order valence-corrected chi connectivity index (χ3v) is 7.68. The largest absolute Gasteiger partial charge is 0.353 e. The molecule has 1 aromatic carbocycles. The Kier molecular flexibility index (Phi) is 6.00.